The molecule has 2 aromatic rings. The van der Waals surface area contributed by atoms with Crippen LogP contribution in [0.5, 0.6) is 0 Å². The Balaban J connectivity index is 2.27. The molecular formula is C13H9ClN4. The molecule has 0 bridgehead atoms. The van der Waals surface area contributed by atoms with Gasteiger partial charge in [0.05, 0.1) is 16.9 Å². The molecule has 2 N–H and O–H groups in total. The maximum absolute atomic E-state index is 8.84. The van der Waals surface area contributed by atoms with Gasteiger partial charge < -0.3 is 5.73 Å². The van der Waals surface area contributed by atoms with Crippen molar-refractivity contribution in [1.29, 1.82) is 5.26 Å². The fraction of sp³-hybridized carbons (Fsp3) is 0. The number of nitriles is 1. The summed E-state index contributed by atoms with van der Waals surface area (Å²) in [6.07, 6.45) is 0. The molecule has 0 unspecified atom stereocenters. The van der Waals surface area contributed by atoms with Gasteiger partial charge in [0, 0.05) is 10.7 Å². The van der Waals surface area contributed by atoms with E-state index in [0.717, 1.165) is 0 Å². The Morgan fingerprint density at radius 1 is 1.06 bits per heavy atom. The molecule has 0 saturated carbocycles. The highest BCUT2D eigenvalue weighted by Gasteiger charge is 1.99. The van der Waals surface area contributed by atoms with E-state index in [2.05, 4.69) is 10.2 Å². The van der Waals surface area contributed by atoms with Gasteiger partial charge in [-0.25, -0.2) is 0 Å². The van der Waals surface area contributed by atoms with Crippen LogP contribution in [0.1, 0.15) is 5.56 Å². The predicted octanol–water partition coefficient (Wildman–Crippen LogP) is 4.21. The van der Waals surface area contributed by atoms with Crippen molar-refractivity contribution in [1.82, 2.24) is 0 Å². The molecule has 5 heteroatoms. The Hall–Kier alpha value is -2.38. The van der Waals surface area contributed by atoms with Gasteiger partial charge >= 0.3 is 0 Å². The summed E-state index contributed by atoms with van der Waals surface area (Å²) in [7, 11) is 0. The van der Waals surface area contributed by atoms with Gasteiger partial charge in [0.15, 0.2) is 0 Å². The van der Waals surface area contributed by atoms with E-state index < -0.39 is 0 Å². The van der Waals surface area contributed by atoms with Crippen LogP contribution in [0.15, 0.2) is 52.7 Å². The lowest BCUT2D eigenvalue weighted by atomic mass is 10.2. The van der Waals surface area contributed by atoms with Gasteiger partial charge in [-0.1, -0.05) is 17.7 Å². The minimum atomic E-state index is 0.387. The van der Waals surface area contributed by atoms with E-state index in [1.165, 1.54) is 0 Å². The average Bonchev–Trinajstić information content (AvgIpc) is 2.38. The van der Waals surface area contributed by atoms with E-state index >= 15 is 0 Å². The van der Waals surface area contributed by atoms with Crippen molar-refractivity contribution in [3.8, 4) is 6.07 Å². The molecule has 0 aliphatic heterocycles. The Kier molecular flexibility index (Phi) is 3.56. The van der Waals surface area contributed by atoms with Gasteiger partial charge in [0.1, 0.15) is 6.07 Å². The number of anilines is 1. The number of nitrogens with two attached hydrogens (primary N) is 1. The van der Waals surface area contributed by atoms with Crippen molar-refractivity contribution in [3.05, 3.63) is 53.1 Å². The summed E-state index contributed by atoms with van der Waals surface area (Å²) in [5, 5.41) is 17.5. The first-order valence-electron chi connectivity index (χ1n) is 5.16. The Morgan fingerprint density at radius 2 is 1.78 bits per heavy atom. The first-order valence-corrected chi connectivity index (χ1v) is 5.54. The molecule has 0 radical (unpaired) electrons. The minimum absolute atomic E-state index is 0.387. The summed E-state index contributed by atoms with van der Waals surface area (Å²) < 4.78 is 0. The van der Waals surface area contributed by atoms with Gasteiger partial charge in [-0.15, -0.1) is 0 Å². The molecule has 18 heavy (non-hydrogen) atoms. The standard InChI is InChI=1S/C13H9ClN4/c14-10-2-1-3-11(7-10)17-18-12-4-5-13(16)9(6-12)8-15/h1-7H,16H2. The second-order valence-corrected chi connectivity index (χ2v) is 4.00. The average molecular weight is 257 g/mol. The minimum Gasteiger partial charge on any atom is -0.398 e. The van der Waals surface area contributed by atoms with Crippen LogP contribution in [0.3, 0.4) is 0 Å². The van der Waals surface area contributed by atoms with E-state index in [0.29, 0.717) is 27.6 Å². The van der Waals surface area contributed by atoms with Gasteiger partial charge in [0.25, 0.3) is 0 Å². The topological polar surface area (TPSA) is 74.5 Å². The molecule has 0 spiro atoms. The summed E-state index contributed by atoms with van der Waals surface area (Å²) in [5.41, 5.74) is 7.65. The van der Waals surface area contributed by atoms with E-state index in [1.807, 2.05) is 6.07 Å². The Labute approximate surface area is 109 Å². The summed E-state index contributed by atoms with van der Waals surface area (Å²) in [4.78, 5) is 0. The fourth-order valence-electron chi connectivity index (χ4n) is 1.36. The molecule has 0 amide bonds. The first kappa shape index (κ1) is 12.1. The quantitative estimate of drug-likeness (QED) is 0.645. The fourth-order valence-corrected chi connectivity index (χ4v) is 1.54. The summed E-state index contributed by atoms with van der Waals surface area (Å²) in [6.45, 7) is 0. The van der Waals surface area contributed by atoms with Gasteiger partial charge in [-0.3, -0.25) is 0 Å². The van der Waals surface area contributed by atoms with Crippen LogP contribution in [0.25, 0.3) is 0 Å². The predicted molar refractivity (Wildman–Crippen MR) is 71.2 cm³/mol. The Morgan fingerprint density at radius 3 is 2.44 bits per heavy atom. The number of nitrogens with zero attached hydrogens (tertiary/aromatic N) is 3. The zero-order chi connectivity index (χ0) is 13.0. The number of nitrogen functional groups attached to an aromatic ring is 1. The van der Waals surface area contributed by atoms with Crippen LogP contribution in [0.4, 0.5) is 17.1 Å². The molecule has 4 nitrogen and oxygen atoms in total. The van der Waals surface area contributed by atoms with Crippen molar-refractivity contribution in [2.24, 2.45) is 10.2 Å². The lowest BCUT2D eigenvalue weighted by Gasteiger charge is -1.98. The molecule has 88 valence electrons. The van der Waals surface area contributed by atoms with Crippen LogP contribution < -0.4 is 5.73 Å². The van der Waals surface area contributed by atoms with E-state index in [-0.39, 0.29) is 0 Å². The van der Waals surface area contributed by atoms with Crippen molar-refractivity contribution in [2.45, 2.75) is 0 Å². The van der Waals surface area contributed by atoms with E-state index in [9.17, 15) is 0 Å². The van der Waals surface area contributed by atoms with Crippen molar-refractivity contribution < 1.29 is 0 Å². The normalized spacial score (nSPS) is 10.4. The maximum atomic E-state index is 8.84. The third kappa shape index (κ3) is 2.84. The van der Waals surface area contributed by atoms with Gasteiger partial charge in [-0.2, -0.15) is 15.5 Å². The molecule has 0 atom stereocenters. The van der Waals surface area contributed by atoms with E-state index in [1.54, 1.807) is 42.5 Å². The lowest BCUT2D eigenvalue weighted by Crippen LogP contribution is -1.88. The molecule has 0 aliphatic carbocycles. The molecule has 0 aliphatic rings. The van der Waals surface area contributed by atoms with Gasteiger partial charge in [0.2, 0.25) is 0 Å². The van der Waals surface area contributed by atoms with Crippen LogP contribution in [-0.4, -0.2) is 0 Å². The van der Waals surface area contributed by atoms with Crippen molar-refractivity contribution >= 4 is 28.7 Å². The molecule has 0 heterocycles. The number of hydrogen-bond acceptors (Lipinski definition) is 4. The van der Waals surface area contributed by atoms with Crippen LogP contribution in [-0.2, 0) is 0 Å². The van der Waals surface area contributed by atoms with Crippen LogP contribution >= 0.6 is 11.6 Å². The highest BCUT2D eigenvalue weighted by Crippen LogP contribution is 2.23. The lowest BCUT2D eigenvalue weighted by molar-refractivity contribution is 1.23. The highest BCUT2D eigenvalue weighted by molar-refractivity contribution is 6.30. The second kappa shape index (κ2) is 5.30. The monoisotopic (exact) mass is 256 g/mol. The molecule has 2 aromatic carbocycles. The van der Waals surface area contributed by atoms with Gasteiger partial charge in [-0.05, 0) is 36.4 Å². The smallest absolute Gasteiger partial charge is 0.101 e. The first-order chi connectivity index (χ1) is 8.69. The number of rotatable bonds is 2. The number of benzene rings is 2. The SMILES string of the molecule is N#Cc1cc(N=Nc2cccc(Cl)c2)ccc1N. The molecular weight excluding hydrogens is 248 g/mol. The molecule has 0 fully saturated rings. The summed E-state index contributed by atoms with van der Waals surface area (Å²) in [5.74, 6) is 0. The van der Waals surface area contributed by atoms with Crippen LogP contribution in [0, 0.1) is 11.3 Å². The number of halogens is 1. The van der Waals surface area contributed by atoms with E-state index in [4.69, 9.17) is 22.6 Å². The number of hydrogen-bond donors (Lipinski definition) is 1. The third-order valence-corrected chi connectivity index (χ3v) is 2.48. The Bertz CT molecular complexity index is 644. The van der Waals surface area contributed by atoms with Crippen molar-refractivity contribution in [2.75, 3.05) is 5.73 Å². The zero-order valence-corrected chi connectivity index (χ0v) is 10.1. The zero-order valence-electron chi connectivity index (χ0n) is 9.34. The van der Waals surface area contributed by atoms with Crippen molar-refractivity contribution in [3.63, 3.8) is 0 Å². The van der Waals surface area contributed by atoms with Crippen LogP contribution in [0.2, 0.25) is 5.02 Å². The summed E-state index contributed by atoms with van der Waals surface area (Å²) in [6, 6.07) is 14.0. The summed E-state index contributed by atoms with van der Waals surface area (Å²) >= 11 is 5.83. The second-order valence-electron chi connectivity index (χ2n) is 3.56. The molecule has 0 aromatic heterocycles. The maximum Gasteiger partial charge on any atom is 0.101 e. The largest absolute Gasteiger partial charge is 0.398 e. The third-order valence-electron chi connectivity index (χ3n) is 2.25. The highest BCUT2D eigenvalue weighted by atomic mass is 35.5. The number of azo groups is 1. The molecule has 0 saturated heterocycles. The molecule has 2 rings (SSSR count).